The molecule has 0 atom stereocenters. The van der Waals surface area contributed by atoms with E-state index in [1.165, 1.54) is 4.31 Å². The van der Waals surface area contributed by atoms with Gasteiger partial charge in [-0.2, -0.15) is 4.31 Å². The van der Waals surface area contributed by atoms with E-state index in [9.17, 15) is 8.42 Å². The summed E-state index contributed by atoms with van der Waals surface area (Å²) in [5.41, 5.74) is 3.17. The normalized spacial score (nSPS) is 15.0. The van der Waals surface area contributed by atoms with Crippen LogP contribution in [-0.2, 0) is 29.5 Å². The number of furan rings is 1. The first-order valence-corrected chi connectivity index (χ1v) is 11.4. The lowest BCUT2D eigenvalue weighted by atomic mass is 10.1. The molecule has 0 fully saturated rings. The molecule has 0 aliphatic carbocycles. The van der Waals surface area contributed by atoms with Gasteiger partial charge in [-0.3, -0.25) is 0 Å². The van der Waals surface area contributed by atoms with Crippen molar-refractivity contribution in [2.24, 2.45) is 0 Å². The van der Waals surface area contributed by atoms with Crippen LogP contribution in [0, 0.1) is 0 Å². The summed E-state index contributed by atoms with van der Waals surface area (Å²) in [4.78, 5) is 2.34. The third kappa shape index (κ3) is 4.56. The number of rotatable bonds is 6. The first-order chi connectivity index (χ1) is 14.4. The molecular weight excluding hydrogens is 396 g/mol. The fourth-order valence-electron chi connectivity index (χ4n) is 3.61. The SMILES string of the molecule is CN(C)Cc1cc2c(o1)CN(S(=O)(=O)c1ccc(C=Cc3ccccc3)cc1)CC2. The van der Waals surface area contributed by atoms with Gasteiger partial charge in [0.2, 0.25) is 10.0 Å². The van der Waals surface area contributed by atoms with Gasteiger partial charge in [0.25, 0.3) is 0 Å². The summed E-state index contributed by atoms with van der Waals surface area (Å²) in [7, 11) is 0.403. The first kappa shape index (κ1) is 20.6. The molecule has 2 heterocycles. The molecule has 0 amide bonds. The molecule has 1 aromatic heterocycles. The molecule has 0 N–H and O–H groups in total. The van der Waals surface area contributed by atoms with Crippen molar-refractivity contribution in [3.05, 3.63) is 88.9 Å². The average molecular weight is 423 g/mol. The zero-order valence-corrected chi connectivity index (χ0v) is 18.1. The van der Waals surface area contributed by atoms with Gasteiger partial charge in [-0.25, -0.2) is 8.42 Å². The van der Waals surface area contributed by atoms with Crippen molar-refractivity contribution in [3.8, 4) is 0 Å². The summed E-state index contributed by atoms with van der Waals surface area (Å²) in [6.45, 7) is 1.45. The summed E-state index contributed by atoms with van der Waals surface area (Å²) in [6.07, 6.45) is 4.66. The summed E-state index contributed by atoms with van der Waals surface area (Å²) in [5.74, 6) is 1.63. The minimum atomic E-state index is -3.56. The minimum absolute atomic E-state index is 0.279. The molecule has 156 valence electrons. The van der Waals surface area contributed by atoms with Crippen LogP contribution < -0.4 is 0 Å². The summed E-state index contributed by atoms with van der Waals surface area (Å²) in [5, 5.41) is 0. The summed E-state index contributed by atoms with van der Waals surface area (Å²) >= 11 is 0. The van der Waals surface area contributed by atoms with Crippen molar-refractivity contribution in [2.75, 3.05) is 20.6 Å². The van der Waals surface area contributed by atoms with Crippen LogP contribution >= 0.6 is 0 Å². The Balaban J connectivity index is 1.48. The highest BCUT2D eigenvalue weighted by Crippen LogP contribution is 2.28. The third-order valence-electron chi connectivity index (χ3n) is 5.16. The number of fused-ring (bicyclic) bond motifs is 1. The van der Waals surface area contributed by atoms with Crippen molar-refractivity contribution in [1.29, 1.82) is 0 Å². The van der Waals surface area contributed by atoms with E-state index in [0.717, 1.165) is 28.2 Å². The maximum atomic E-state index is 13.1. The van der Waals surface area contributed by atoms with E-state index in [1.807, 2.05) is 79.7 Å². The lowest BCUT2D eigenvalue weighted by molar-refractivity contribution is 0.309. The highest BCUT2D eigenvalue weighted by Gasteiger charge is 2.30. The Hall–Kier alpha value is -2.67. The van der Waals surface area contributed by atoms with Crippen molar-refractivity contribution in [1.82, 2.24) is 9.21 Å². The minimum Gasteiger partial charge on any atom is -0.463 e. The maximum absolute atomic E-state index is 13.1. The van der Waals surface area contributed by atoms with E-state index in [2.05, 4.69) is 0 Å². The molecule has 0 unspecified atom stereocenters. The Morgan fingerprint density at radius 3 is 2.33 bits per heavy atom. The Kier molecular flexibility index (Phi) is 5.90. The fourth-order valence-corrected chi connectivity index (χ4v) is 5.01. The topological polar surface area (TPSA) is 53.8 Å². The van der Waals surface area contributed by atoms with Crippen LogP contribution in [-0.4, -0.2) is 38.3 Å². The van der Waals surface area contributed by atoms with Crippen LogP contribution in [0.25, 0.3) is 12.2 Å². The van der Waals surface area contributed by atoms with Gasteiger partial charge < -0.3 is 9.32 Å². The van der Waals surface area contributed by atoms with Crippen molar-refractivity contribution in [3.63, 3.8) is 0 Å². The van der Waals surface area contributed by atoms with Crippen molar-refractivity contribution < 1.29 is 12.8 Å². The Bertz CT molecular complexity index is 1130. The second-order valence-corrected chi connectivity index (χ2v) is 9.74. The van der Waals surface area contributed by atoms with E-state index in [-0.39, 0.29) is 6.54 Å². The van der Waals surface area contributed by atoms with E-state index >= 15 is 0 Å². The fraction of sp³-hybridized carbons (Fsp3) is 0.250. The van der Waals surface area contributed by atoms with E-state index in [4.69, 9.17) is 4.42 Å². The Labute approximate surface area is 178 Å². The second kappa shape index (κ2) is 8.60. The monoisotopic (exact) mass is 422 g/mol. The molecular formula is C24H26N2O3S. The molecule has 0 spiro atoms. The smallest absolute Gasteiger partial charge is 0.243 e. The zero-order valence-electron chi connectivity index (χ0n) is 17.3. The molecule has 3 aromatic rings. The lowest BCUT2D eigenvalue weighted by Gasteiger charge is -2.25. The number of hydrogen-bond acceptors (Lipinski definition) is 4. The quantitative estimate of drug-likeness (QED) is 0.557. The Morgan fingerprint density at radius 1 is 1.00 bits per heavy atom. The van der Waals surface area contributed by atoms with Crippen LogP contribution in [0.3, 0.4) is 0 Å². The van der Waals surface area contributed by atoms with Crippen LogP contribution in [0.5, 0.6) is 0 Å². The van der Waals surface area contributed by atoms with Crippen molar-refractivity contribution >= 4 is 22.2 Å². The number of benzene rings is 2. The molecule has 0 bridgehead atoms. The molecule has 6 heteroatoms. The Morgan fingerprint density at radius 2 is 1.67 bits per heavy atom. The lowest BCUT2D eigenvalue weighted by Crippen LogP contribution is -2.35. The van der Waals surface area contributed by atoms with Gasteiger partial charge in [0, 0.05) is 6.54 Å². The predicted octanol–water partition coefficient (Wildman–Crippen LogP) is 4.26. The van der Waals surface area contributed by atoms with Crippen molar-refractivity contribution in [2.45, 2.75) is 24.4 Å². The van der Waals surface area contributed by atoms with Gasteiger partial charge in [0.05, 0.1) is 18.0 Å². The van der Waals surface area contributed by atoms with Gasteiger partial charge in [-0.1, -0.05) is 54.6 Å². The molecule has 1 aliphatic heterocycles. The molecule has 4 rings (SSSR count). The van der Waals surface area contributed by atoms with Crippen LogP contribution in [0.4, 0.5) is 0 Å². The van der Waals surface area contributed by atoms with Gasteiger partial charge in [0.15, 0.2) is 0 Å². The van der Waals surface area contributed by atoms with E-state index < -0.39 is 10.0 Å². The highest BCUT2D eigenvalue weighted by molar-refractivity contribution is 7.89. The standard InChI is InChI=1S/C24H26N2O3S/c1-25(2)17-22-16-21-14-15-26(18-24(21)29-22)30(27,28)23-12-10-20(11-13-23)9-8-19-6-4-3-5-7-19/h3-13,16H,14-15,17-18H2,1-2H3. The average Bonchev–Trinajstić information content (AvgIpc) is 3.14. The second-order valence-electron chi connectivity index (χ2n) is 7.80. The summed E-state index contributed by atoms with van der Waals surface area (Å²) < 4.78 is 33.7. The van der Waals surface area contributed by atoms with Gasteiger partial charge in [-0.05, 0) is 55.4 Å². The predicted molar refractivity (Wildman–Crippen MR) is 119 cm³/mol. The number of hydrogen-bond donors (Lipinski definition) is 0. The van der Waals surface area contributed by atoms with Gasteiger partial charge >= 0.3 is 0 Å². The number of sulfonamides is 1. The van der Waals surface area contributed by atoms with Gasteiger partial charge in [0.1, 0.15) is 11.5 Å². The largest absolute Gasteiger partial charge is 0.463 e. The summed E-state index contributed by atoms with van der Waals surface area (Å²) in [6, 6.07) is 19.1. The van der Waals surface area contributed by atoms with E-state index in [1.54, 1.807) is 12.1 Å². The van der Waals surface area contributed by atoms with Gasteiger partial charge in [-0.15, -0.1) is 0 Å². The molecule has 0 saturated carbocycles. The zero-order chi connectivity index (χ0) is 21.1. The van der Waals surface area contributed by atoms with Crippen LogP contribution in [0.15, 0.2) is 70.0 Å². The number of nitrogens with zero attached hydrogens (tertiary/aromatic N) is 2. The molecule has 1 aliphatic rings. The molecule has 5 nitrogen and oxygen atoms in total. The molecule has 30 heavy (non-hydrogen) atoms. The van der Waals surface area contributed by atoms with E-state index in [0.29, 0.717) is 24.4 Å². The highest BCUT2D eigenvalue weighted by atomic mass is 32.2. The van der Waals surface area contributed by atoms with Crippen LogP contribution in [0.1, 0.15) is 28.2 Å². The third-order valence-corrected chi connectivity index (χ3v) is 7.02. The first-order valence-electron chi connectivity index (χ1n) is 10.0. The maximum Gasteiger partial charge on any atom is 0.243 e. The molecule has 0 saturated heterocycles. The molecule has 2 aromatic carbocycles. The van der Waals surface area contributed by atoms with Crippen LogP contribution in [0.2, 0.25) is 0 Å². The molecule has 0 radical (unpaired) electrons.